The number of amides is 4. The van der Waals surface area contributed by atoms with E-state index in [1.807, 2.05) is 18.2 Å². The van der Waals surface area contributed by atoms with Crippen molar-refractivity contribution in [2.75, 3.05) is 6.54 Å². The van der Waals surface area contributed by atoms with Crippen LogP contribution in [0.25, 0.3) is 0 Å². The Labute approximate surface area is 154 Å². The number of urea groups is 1. The summed E-state index contributed by atoms with van der Waals surface area (Å²) in [5.74, 6) is 0.281. The van der Waals surface area contributed by atoms with Crippen LogP contribution in [0.1, 0.15) is 45.6 Å². The summed E-state index contributed by atoms with van der Waals surface area (Å²) in [6.07, 6.45) is 3.21. The van der Waals surface area contributed by atoms with Crippen LogP contribution in [0.2, 0.25) is 0 Å². The largest absolute Gasteiger partial charge is 0.352 e. The topological polar surface area (TPSA) is 78.5 Å². The van der Waals surface area contributed by atoms with Gasteiger partial charge in [0.2, 0.25) is 5.91 Å². The van der Waals surface area contributed by atoms with Gasteiger partial charge in [0.1, 0.15) is 12.1 Å². The number of hydrogen-bond donors (Lipinski definition) is 2. The van der Waals surface area contributed by atoms with Gasteiger partial charge in [-0.05, 0) is 30.7 Å². The minimum atomic E-state index is -1.13. The number of rotatable bonds is 4. The quantitative estimate of drug-likeness (QED) is 0.812. The van der Waals surface area contributed by atoms with E-state index in [2.05, 4.69) is 24.5 Å². The van der Waals surface area contributed by atoms with E-state index in [1.54, 1.807) is 19.1 Å². The summed E-state index contributed by atoms with van der Waals surface area (Å²) in [6, 6.07) is 8.67. The van der Waals surface area contributed by atoms with Gasteiger partial charge in [0.05, 0.1) is 0 Å². The molecule has 1 saturated carbocycles. The predicted octanol–water partition coefficient (Wildman–Crippen LogP) is 2.39. The average Bonchev–Trinajstić information content (AvgIpc) is 2.84. The zero-order valence-electron chi connectivity index (χ0n) is 15.6. The molecule has 0 radical (unpaired) electrons. The fourth-order valence-electron chi connectivity index (χ4n) is 3.99. The van der Waals surface area contributed by atoms with Gasteiger partial charge in [-0.25, -0.2) is 4.79 Å². The normalized spacial score (nSPS) is 31.7. The molecule has 1 aliphatic carbocycles. The molecule has 140 valence electrons. The molecule has 6 heteroatoms. The summed E-state index contributed by atoms with van der Waals surface area (Å²) >= 11 is 0. The van der Waals surface area contributed by atoms with Crippen LogP contribution in [-0.2, 0) is 15.1 Å². The van der Waals surface area contributed by atoms with Crippen LogP contribution in [0.15, 0.2) is 30.3 Å². The number of carbonyl (C=O) groups excluding carboxylic acids is 3. The van der Waals surface area contributed by atoms with Gasteiger partial charge in [0.15, 0.2) is 0 Å². The second-order valence-electron chi connectivity index (χ2n) is 7.75. The average molecular weight is 357 g/mol. The molecule has 0 unspecified atom stereocenters. The first-order chi connectivity index (χ1) is 12.3. The summed E-state index contributed by atoms with van der Waals surface area (Å²) in [7, 11) is 0. The first kappa shape index (κ1) is 18.4. The van der Waals surface area contributed by atoms with E-state index in [-0.39, 0.29) is 18.5 Å². The molecule has 1 saturated heterocycles. The van der Waals surface area contributed by atoms with Crippen molar-refractivity contribution in [3.05, 3.63) is 35.9 Å². The van der Waals surface area contributed by atoms with Crippen molar-refractivity contribution in [1.82, 2.24) is 15.5 Å². The zero-order chi connectivity index (χ0) is 18.9. The molecule has 2 N–H and O–H groups in total. The Morgan fingerprint density at radius 3 is 2.62 bits per heavy atom. The van der Waals surface area contributed by atoms with Crippen LogP contribution in [0, 0.1) is 11.8 Å². The number of hydrogen-bond acceptors (Lipinski definition) is 3. The lowest BCUT2D eigenvalue weighted by molar-refractivity contribution is -0.135. The summed E-state index contributed by atoms with van der Waals surface area (Å²) in [4.78, 5) is 38.7. The van der Waals surface area contributed by atoms with Crippen molar-refractivity contribution in [1.29, 1.82) is 0 Å². The van der Waals surface area contributed by atoms with E-state index in [1.165, 1.54) is 6.42 Å². The van der Waals surface area contributed by atoms with Gasteiger partial charge in [0, 0.05) is 6.04 Å². The fourth-order valence-corrected chi connectivity index (χ4v) is 3.99. The molecule has 2 fully saturated rings. The number of benzene rings is 1. The summed E-state index contributed by atoms with van der Waals surface area (Å²) in [6.45, 7) is 5.77. The number of nitrogens with one attached hydrogen (secondary N) is 2. The minimum Gasteiger partial charge on any atom is -0.352 e. The molecule has 6 nitrogen and oxygen atoms in total. The zero-order valence-corrected chi connectivity index (χ0v) is 15.6. The molecule has 0 aromatic heterocycles. The molecule has 26 heavy (non-hydrogen) atoms. The maximum atomic E-state index is 12.8. The second-order valence-corrected chi connectivity index (χ2v) is 7.75. The van der Waals surface area contributed by atoms with Gasteiger partial charge >= 0.3 is 6.03 Å². The smallest absolute Gasteiger partial charge is 0.325 e. The Hall–Kier alpha value is -2.37. The molecule has 2 aliphatic rings. The Morgan fingerprint density at radius 1 is 1.23 bits per heavy atom. The molecule has 0 spiro atoms. The number of imide groups is 1. The SMILES string of the molecule is C[C@H]1[C@H](C)CCC[C@@H]1NC(=O)CN1C(=O)N[C@@](C)(c2ccccc2)C1=O. The molecule has 4 atom stereocenters. The monoisotopic (exact) mass is 357 g/mol. The van der Waals surface area contributed by atoms with E-state index in [4.69, 9.17) is 0 Å². The van der Waals surface area contributed by atoms with Gasteiger partial charge in [0.25, 0.3) is 5.91 Å². The maximum Gasteiger partial charge on any atom is 0.325 e. The molecular weight excluding hydrogens is 330 g/mol. The Morgan fingerprint density at radius 2 is 1.92 bits per heavy atom. The number of carbonyl (C=O) groups is 3. The van der Waals surface area contributed by atoms with Crippen LogP contribution < -0.4 is 10.6 Å². The highest BCUT2D eigenvalue weighted by atomic mass is 16.2. The van der Waals surface area contributed by atoms with Crippen LogP contribution in [0.3, 0.4) is 0 Å². The first-order valence-electron chi connectivity index (χ1n) is 9.32. The highest BCUT2D eigenvalue weighted by Gasteiger charge is 2.49. The number of nitrogens with zero attached hydrogens (tertiary/aromatic N) is 1. The molecule has 1 aromatic rings. The van der Waals surface area contributed by atoms with Gasteiger partial charge in [-0.3, -0.25) is 14.5 Å². The molecule has 4 amide bonds. The van der Waals surface area contributed by atoms with Crippen LogP contribution in [-0.4, -0.2) is 35.3 Å². The molecule has 0 bridgehead atoms. The van der Waals surface area contributed by atoms with Gasteiger partial charge in [-0.15, -0.1) is 0 Å². The van der Waals surface area contributed by atoms with Gasteiger partial charge < -0.3 is 10.6 Å². The Balaban J connectivity index is 1.67. The third kappa shape index (κ3) is 3.32. The Kier molecular flexibility index (Phi) is 5.03. The third-order valence-electron chi connectivity index (χ3n) is 5.98. The van der Waals surface area contributed by atoms with E-state index < -0.39 is 17.5 Å². The summed E-state index contributed by atoms with van der Waals surface area (Å²) in [5, 5.41) is 5.75. The first-order valence-corrected chi connectivity index (χ1v) is 9.32. The molecular formula is C20H27N3O3. The molecule has 1 aromatic carbocycles. The minimum absolute atomic E-state index is 0.104. The standard InChI is InChI=1S/C20H27N3O3/c1-13-8-7-11-16(14(13)2)21-17(24)12-23-18(25)20(3,22-19(23)26)15-9-5-4-6-10-15/h4-6,9-10,13-14,16H,7-8,11-12H2,1-3H3,(H,21,24)(H,22,26)/t13-,14+,16+,20+/m1/s1. The highest BCUT2D eigenvalue weighted by molar-refractivity contribution is 6.09. The van der Waals surface area contributed by atoms with Crippen molar-refractivity contribution in [3.63, 3.8) is 0 Å². The van der Waals surface area contributed by atoms with E-state index in [0.717, 1.165) is 17.7 Å². The molecule has 3 rings (SSSR count). The lowest BCUT2D eigenvalue weighted by Gasteiger charge is -2.34. The van der Waals surface area contributed by atoms with Crippen molar-refractivity contribution in [2.45, 2.75) is 51.6 Å². The van der Waals surface area contributed by atoms with Crippen LogP contribution in [0.5, 0.6) is 0 Å². The Bertz CT molecular complexity index is 706. The fraction of sp³-hybridized carbons (Fsp3) is 0.550. The van der Waals surface area contributed by atoms with Crippen molar-refractivity contribution >= 4 is 17.8 Å². The highest BCUT2D eigenvalue weighted by Crippen LogP contribution is 2.30. The lowest BCUT2D eigenvalue weighted by Crippen LogP contribution is -2.48. The van der Waals surface area contributed by atoms with E-state index in [0.29, 0.717) is 17.4 Å². The van der Waals surface area contributed by atoms with E-state index >= 15 is 0 Å². The van der Waals surface area contributed by atoms with Crippen molar-refractivity contribution in [2.24, 2.45) is 11.8 Å². The van der Waals surface area contributed by atoms with E-state index in [9.17, 15) is 14.4 Å². The van der Waals surface area contributed by atoms with Crippen molar-refractivity contribution in [3.8, 4) is 0 Å². The van der Waals surface area contributed by atoms with Gasteiger partial charge in [-0.1, -0.05) is 57.0 Å². The molecule has 1 heterocycles. The van der Waals surface area contributed by atoms with Crippen LogP contribution in [0.4, 0.5) is 4.79 Å². The lowest BCUT2D eigenvalue weighted by atomic mass is 9.78. The van der Waals surface area contributed by atoms with Crippen LogP contribution >= 0.6 is 0 Å². The summed E-state index contributed by atoms with van der Waals surface area (Å²) < 4.78 is 0. The van der Waals surface area contributed by atoms with Crippen molar-refractivity contribution < 1.29 is 14.4 Å². The summed E-state index contributed by atoms with van der Waals surface area (Å²) in [5.41, 5.74) is -0.429. The predicted molar refractivity (Wildman–Crippen MR) is 98.1 cm³/mol. The second kappa shape index (κ2) is 7.09. The van der Waals surface area contributed by atoms with Gasteiger partial charge in [-0.2, -0.15) is 0 Å². The maximum absolute atomic E-state index is 12.8. The molecule has 1 aliphatic heterocycles. The third-order valence-corrected chi connectivity index (χ3v) is 5.98.